The maximum atomic E-state index is 5.09. The molecule has 2 aromatic heterocycles. The summed E-state index contributed by atoms with van der Waals surface area (Å²) in [5.41, 5.74) is 9.25. The molecule has 0 saturated carbocycles. The van der Waals surface area contributed by atoms with Crippen LogP contribution in [0.3, 0.4) is 0 Å². The van der Waals surface area contributed by atoms with Crippen LogP contribution in [0.2, 0.25) is 0 Å². The van der Waals surface area contributed by atoms with Gasteiger partial charge in [-0.05, 0) is 35.9 Å². The van der Waals surface area contributed by atoms with Crippen LogP contribution in [0.15, 0.2) is 181 Å². The second-order valence-electron chi connectivity index (χ2n) is 12.9. The number of para-hydroxylation sites is 3. The van der Waals surface area contributed by atoms with Gasteiger partial charge in [0.2, 0.25) is 0 Å². The zero-order valence-electron chi connectivity index (χ0n) is 27.2. The Balaban J connectivity index is 1.10. The molecule has 0 amide bonds. The quantitative estimate of drug-likeness (QED) is 0.175. The Bertz CT molecular complexity index is 2630. The van der Waals surface area contributed by atoms with Crippen LogP contribution >= 0.6 is 0 Å². The number of nitrogens with zero attached hydrogens (tertiary/aromatic N) is 3. The van der Waals surface area contributed by atoms with Crippen LogP contribution in [0.25, 0.3) is 49.3 Å². The lowest BCUT2D eigenvalue weighted by atomic mass is 10.1. The molecule has 0 radical (unpaired) electrons. The lowest BCUT2D eigenvalue weighted by Crippen LogP contribution is -2.52. The van der Waals surface area contributed by atoms with Crippen molar-refractivity contribution >= 4 is 49.4 Å². The second kappa shape index (κ2) is 11.7. The van der Waals surface area contributed by atoms with E-state index >= 15 is 0 Å². The number of fused-ring (bicyclic) bond motifs is 7. The summed E-state index contributed by atoms with van der Waals surface area (Å²) in [5, 5.41) is 16.2. The van der Waals surface area contributed by atoms with Crippen LogP contribution in [-0.2, 0) is 0 Å². The molecule has 8 aromatic rings. The summed E-state index contributed by atoms with van der Waals surface area (Å²) < 4.78 is 4.90. The first kappa shape index (κ1) is 28.6. The van der Waals surface area contributed by atoms with Crippen molar-refractivity contribution in [3.8, 4) is 5.69 Å². The smallest absolute Gasteiger partial charge is 0.131 e. The van der Waals surface area contributed by atoms with E-state index in [2.05, 4.69) is 183 Å². The van der Waals surface area contributed by atoms with Crippen molar-refractivity contribution in [2.24, 2.45) is 4.99 Å². The maximum absolute atomic E-state index is 5.09. The van der Waals surface area contributed by atoms with Crippen LogP contribution in [0.5, 0.6) is 0 Å². The number of nitrogens with one attached hydrogen (secondary N) is 3. The van der Waals surface area contributed by atoms with E-state index in [0.717, 1.165) is 28.2 Å². The van der Waals surface area contributed by atoms with Crippen molar-refractivity contribution in [2.45, 2.75) is 18.5 Å². The first-order chi connectivity index (χ1) is 24.8. The van der Waals surface area contributed by atoms with Crippen LogP contribution in [0.1, 0.15) is 23.5 Å². The van der Waals surface area contributed by atoms with Gasteiger partial charge in [0, 0.05) is 44.6 Å². The summed E-state index contributed by atoms with van der Waals surface area (Å²) in [4.78, 5) is 5.09. The molecule has 3 unspecified atom stereocenters. The molecule has 2 aliphatic rings. The Labute approximate surface area is 289 Å². The third kappa shape index (κ3) is 4.57. The minimum absolute atomic E-state index is 0.107. The molecule has 3 atom stereocenters. The number of rotatable bonds is 5. The molecule has 0 saturated heterocycles. The first-order valence-corrected chi connectivity index (χ1v) is 17.2. The molecule has 6 heteroatoms. The van der Waals surface area contributed by atoms with E-state index in [1.54, 1.807) is 0 Å². The van der Waals surface area contributed by atoms with Crippen LogP contribution < -0.4 is 16.0 Å². The summed E-state index contributed by atoms with van der Waals surface area (Å²) in [6.45, 7) is 0. The molecule has 2 aliphatic heterocycles. The molecule has 6 aromatic carbocycles. The van der Waals surface area contributed by atoms with Crippen molar-refractivity contribution in [3.05, 3.63) is 187 Å². The molecule has 6 nitrogen and oxygen atoms in total. The van der Waals surface area contributed by atoms with Gasteiger partial charge < -0.3 is 19.8 Å². The van der Waals surface area contributed by atoms with E-state index in [4.69, 9.17) is 4.99 Å². The Morgan fingerprint density at radius 1 is 0.560 bits per heavy atom. The standard InChI is InChI=1S/C44H34N6/c1-4-14-29(15-5-1)42-46-43(30-16-6-2-7-17-30)48-44(47-42)31-24-27-39(45-28-31)50-38-23-13-11-21-34(38)36-26-25-35-33-20-10-12-22-37(33)49(40(35)41(36)50)32-18-8-3-9-19-32/h1-28,39,42,44-45,47H,(H,46,48). The zero-order chi connectivity index (χ0) is 33.0. The third-order valence-electron chi connectivity index (χ3n) is 10.0. The molecule has 50 heavy (non-hydrogen) atoms. The summed E-state index contributed by atoms with van der Waals surface area (Å²) in [7, 11) is 0. The van der Waals surface area contributed by atoms with Crippen LogP contribution in [0.4, 0.5) is 0 Å². The average Bonchev–Trinajstić information content (AvgIpc) is 3.72. The number of aromatic nitrogens is 2. The van der Waals surface area contributed by atoms with Gasteiger partial charge in [-0.1, -0.05) is 133 Å². The predicted octanol–water partition coefficient (Wildman–Crippen LogP) is 9.10. The molecular formula is C44H34N6. The number of dihydropyridines is 1. The van der Waals surface area contributed by atoms with Crippen molar-refractivity contribution < 1.29 is 0 Å². The van der Waals surface area contributed by atoms with E-state index < -0.39 is 0 Å². The highest BCUT2D eigenvalue weighted by Gasteiger charge is 2.28. The minimum atomic E-state index is -0.185. The highest BCUT2D eigenvalue weighted by Crippen LogP contribution is 2.41. The monoisotopic (exact) mass is 646 g/mol. The van der Waals surface area contributed by atoms with E-state index in [0.29, 0.717) is 0 Å². The van der Waals surface area contributed by atoms with Crippen molar-refractivity contribution in [1.82, 2.24) is 25.1 Å². The van der Waals surface area contributed by atoms with Crippen molar-refractivity contribution in [2.75, 3.05) is 0 Å². The Morgan fingerprint density at radius 2 is 1.18 bits per heavy atom. The lowest BCUT2D eigenvalue weighted by molar-refractivity contribution is 0.436. The summed E-state index contributed by atoms with van der Waals surface area (Å²) in [5.74, 6) is 0.873. The summed E-state index contributed by atoms with van der Waals surface area (Å²) in [6.07, 6.45) is 6.24. The van der Waals surface area contributed by atoms with Crippen LogP contribution in [0, 0.1) is 0 Å². The van der Waals surface area contributed by atoms with Gasteiger partial charge in [-0.2, -0.15) is 0 Å². The number of benzene rings is 6. The van der Waals surface area contributed by atoms with E-state index in [-0.39, 0.29) is 18.5 Å². The second-order valence-corrected chi connectivity index (χ2v) is 12.9. The highest BCUT2D eigenvalue weighted by atomic mass is 15.3. The molecule has 10 rings (SSSR count). The fourth-order valence-electron chi connectivity index (χ4n) is 7.77. The number of hydrogen-bond acceptors (Lipinski definition) is 4. The lowest BCUT2D eigenvalue weighted by Gasteiger charge is -2.34. The fraction of sp³-hybridized carbons (Fsp3) is 0.0682. The summed E-state index contributed by atoms with van der Waals surface area (Å²) in [6, 6.07) is 53.6. The van der Waals surface area contributed by atoms with Gasteiger partial charge in [0.15, 0.2) is 0 Å². The van der Waals surface area contributed by atoms with Crippen molar-refractivity contribution in [3.63, 3.8) is 0 Å². The molecule has 240 valence electrons. The number of aliphatic imine (C=N–C) groups is 1. The van der Waals surface area contributed by atoms with Gasteiger partial charge in [-0.3, -0.25) is 5.32 Å². The van der Waals surface area contributed by atoms with Gasteiger partial charge in [0.1, 0.15) is 24.3 Å². The van der Waals surface area contributed by atoms with Gasteiger partial charge >= 0.3 is 0 Å². The van der Waals surface area contributed by atoms with Gasteiger partial charge in [-0.15, -0.1) is 0 Å². The topological polar surface area (TPSA) is 58.3 Å². The molecule has 0 aliphatic carbocycles. The Hall–Kier alpha value is -6.37. The fourth-order valence-corrected chi connectivity index (χ4v) is 7.77. The molecular weight excluding hydrogens is 613 g/mol. The van der Waals surface area contributed by atoms with Gasteiger partial charge in [0.05, 0.1) is 22.1 Å². The average molecular weight is 647 g/mol. The molecule has 0 bridgehead atoms. The largest absolute Gasteiger partial charge is 0.367 e. The van der Waals surface area contributed by atoms with E-state index in [1.807, 2.05) is 12.1 Å². The Kier molecular flexibility index (Phi) is 6.67. The zero-order valence-corrected chi connectivity index (χ0v) is 27.2. The minimum Gasteiger partial charge on any atom is -0.367 e. The van der Waals surface area contributed by atoms with Gasteiger partial charge in [-0.25, -0.2) is 4.99 Å². The van der Waals surface area contributed by atoms with E-state index in [9.17, 15) is 0 Å². The molecule has 0 fully saturated rings. The highest BCUT2D eigenvalue weighted by molar-refractivity contribution is 6.23. The Morgan fingerprint density at radius 3 is 1.90 bits per heavy atom. The van der Waals surface area contributed by atoms with E-state index in [1.165, 1.54) is 43.6 Å². The SMILES string of the molecule is C1=CC(n2c3ccccc3c3ccc4c5ccccc5n(-c5ccccc5)c4c32)NC=C1C1NC(c2ccccc2)=NC(c2ccccc2)N1. The van der Waals surface area contributed by atoms with Crippen LogP contribution in [-0.4, -0.2) is 21.1 Å². The third-order valence-corrected chi connectivity index (χ3v) is 10.0. The number of amidine groups is 1. The van der Waals surface area contributed by atoms with Gasteiger partial charge in [0.25, 0.3) is 0 Å². The summed E-state index contributed by atoms with van der Waals surface area (Å²) >= 11 is 0. The molecule has 3 N–H and O–H groups in total. The maximum Gasteiger partial charge on any atom is 0.131 e. The predicted molar refractivity (Wildman–Crippen MR) is 205 cm³/mol. The number of hydrogen-bond donors (Lipinski definition) is 3. The normalized spacial score (nSPS) is 19.0. The van der Waals surface area contributed by atoms with Crippen molar-refractivity contribution in [1.29, 1.82) is 0 Å². The molecule has 0 spiro atoms. The first-order valence-electron chi connectivity index (χ1n) is 17.2. The molecule has 4 heterocycles.